The molecule has 152 valence electrons. The Balaban J connectivity index is 2.08. The van der Waals surface area contributed by atoms with Crippen molar-refractivity contribution in [3.05, 3.63) is 89.0 Å². The van der Waals surface area contributed by atoms with Crippen molar-refractivity contribution in [1.82, 2.24) is 0 Å². The van der Waals surface area contributed by atoms with Gasteiger partial charge in [-0.2, -0.15) is 0 Å². The zero-order valence-electron chi connectivity index (χ0n) is 16.4. The van der Waals surface area contributed by atoms with E-state index in [1.165, 1.54) is 24.3 Å². The topological polar surface area (TPSA) is 46.5 Å². The van der Waals surface area contributed by atoms with Gasteiger partial charge in [0.25, 0.3) is 0 Å². The lowest BCUT2D eigenvalue weighted by Crippen LogP contribution is -2.31. The third-order valence-electron chi connectivity index (χ3n) is 4.86. The molecule has 1 fully saturated rings. The molecule has 3 nitrogen and oxygen atoms in total. The van der Waals surface area contributed by atoms with Crippen LogP contribution in [0.1, 0.15) is 37.8 Å². The molecular weight excluding hydrogens is 374 g/mol. The Morgan fingerprint density at radius 3 is 2.00 bits per heavy atom. The summed E-state index contributed by atoms with van der Waals surface area (Å²) in [6, 6.07) is 12.3. The summed E-state index contributed by atoms with van der Waals surface area (Å²) in [5, 5.41) is 9.82. The van der Waals surface area contributed by atoms with E-state index in [1.54, 1.807) is 30.3 Å². The number of ether oxygens (including phenoxy) is 1. The number of carbonyl (C=O) groups excluding carboxylic acids is 1. The van der Waals surface area contributed by atoms with Crippen LogP contribution in [-0.2, 0) is 9.53 Å². The van der Waals surface area contributed by atoms with Crippen molar-refractivity contribution in [2.75, 3.05) is 0 Å². The first-order valence-electron chi connectivity index (χ1n) is 9.65. The minimum absolute atomic E-state index is 0.00757. The fourth-order valence-corrected chi connectivity index (χ4v) is 3.44. The number of aliphatic hydroxyl groups is 1. The van der Waals surface area contributed by atoms with Crippen LogP contribution in [0.25, 0.3) is 5.57 Å². The molecule has 0 saturated carbocycles. The monoisotopic (exact) mass is 398 g/mol. The highest BCUT2D eigenvalue weighted by Gasteiger charge is 2.25. The molecule has 0 amide bonds. The van der Waals surface area contributed by atoms with E-state index in [2.05, 4.69) is 0 Å². The predicted molar refractivity (Wildman–Crippen MR) is 108 cm³/mol. The number of aliphatic hydroxyl groups excluding tert-OH is 1. The number of carbonyl (C=O) groups is 1. The van der Waals surface area contributed by atoms with Crippen LogP contribution in [0, 0.1) is 17.6 Å². The van der Waals surface area contributed by atoms with E-state index in [9.17, 15) is 18.7 Å². The number of benzene rings is 2. The van der Waals surface area contributed by atoms with Gasteiger partial charge in [-0.1, -0.05) is 44.2 Å². The Labute approximate surface area is 169 Å². The molecule has 1 saturated heterocycles. The van der Waals surface area contributed by atoms with Crippen molar-refractivity contribution in [3.63, 3.8) is 0 Å². The van der Waals surface area contributed by atoms with Gasteiger partial charge in [0.05, 0.1) is 12.5 Å². The molecule has 0 bridgehead atoms. The van der Waals surface area contributed by atoms with Crippen LogP contribution in [0.15, 0.2) is 66.3 Å². The zero-order chi connectivity index (χ0) is 21.0. The van der Waals surface area contributed by atoms with Crippen LogP contribution in [0.3, 0.4) is 0 Å². The molecule has 1 N–H and O–H groups in total. The number of hydrogen-bond acceptors (Lipinski definition) is 3. The quantitative estimate of drug-likeness (QED) is 0.567. The molecule has 0 spiro atoms. The number of allylic oxidation sites excluding steroid dienone is 2. The van der Waals surface area contributed by atoms with Gasteiger partial charge in [-0.05, 0) is 58.5 Å². The maximum absolute atomic E-state index is 13.5. The molecule has 29 heavy (non-hydrogen) atoms. The molecule has 1 aliphatic rings. The number of esters is 1. The largest absolute Gasteiger partial charge is 0.458 e. The minimum Gasteiger partial charge on any atom is -0.458 e. The number of cyclic esters (lactones) is 1. The third-order valence-corrected chi connectivity index (χ3v) is 4.86. The van der Waals surface area contributed by atoms with Crippen LogP contribution >= 0.6 is 0 Å². The van der Waals surface area contributed by atoms with Crippen molar-refractivity contribution in [1.29, 1.82) is 0 Å². The van der Waals surface area contributed by atoms with Gasteiger partial charge in [0, 0.05) is 6.42 Å². The average Bonchev–Trinajstić information content (AvgIpc) is 2.66. The van der Waals surface area contributed by atoms with Crippen molar-refractivity contribution >= 4 is 11.5 Å². The lowest BCUT2D eigenvalue weighted by Gasteiger charge is -2.24. The average molecular weight is 398 g/mol. The fourth-order valence-electron chi connectivity index (χ4n) is 3.44. The predicted octanol–water partition coefficient (Wildman–Crippen LogP) is 5.05. The molecular formula is C24H24F2O3. The van der Waals surface area contributed by atoms with E-state index in [1.807, 2.05) is 19.9 Å². The minimum atomic E-state index is -0.717. The molecule has 0 radical (unpaired) electrons. The SMILES string of the molecule is CC(C)C(C=C[C@@H]1C[C@@H](O)CC(=O)O1)=C(c1ccc(F)cc1)c1ccc(F)cc1. The van der Waals surface area contributed by atoms with E-state index >= 15 is 0 Å². The molecule has 2 aromatic rings. The molecule has 2 aromatic carbocycles. The first-order chi connectivity index (χ1) is 13.8. The van der Waals surface area contributed by atoms with Gasteiger partial charge >= 0.3 is 5.97 Å². The zero-order valence-corrected chi connectivity index (χ0v) is 16.4. The Bertz CT molecular complexity index is 865. The van der Waals surface area contributed by atoms with Gasteiger partial charge in [0.1, 0.15) is 17.7 Å². The summed E-state index contributed by atoms with van der Waals surface area (Å²) in [6.07, 6.45) is 2.77. The summed E-state index contributed by atoms with van der Waals surface area (Å²) in [7, 11) is 0. The second kappa shape index (κ2) is 9.14. The van der Waals surface area contributed by atoms with Gasteiger partial charge in [-0.15, -0.1) is 0 Å². The molecule has 0 unspecified atom stereocenters. The third kappa shape index (κ3) is 5.39. The van der Waals surface area contributed by atoms with E-state index in [4.69, 9.17) is 4.74 Å². The van der Waals surface area contributed by atoms with Gasteiger partial charge in [0.2, 0.25) is 0 Å². The summed E-state index contributed by atoms with van der Waals surface area (Å²) in [5.41, 5.74) is 3.37. The molecule has 2 atom stereocenters. The summed E-state index contributed by atoms with van der Waals surface area (Å²) >= 11 is 0. The van der Waals surface area contributed by atoms with Crippen molar-refractivity contribution in [2.45, 2.75) is 38.9 Å². The fraction of sp³-hybridized carbons (Fsp3) is 0.292. The first-order valence-corrected chi connectivity index (χ1v) is 9.65. The van der Waals surface area contributed by atoms with Gasteiger partial charge in [-0.3, -0.25) is 4.79 Å². The molecule has 0 aromatic heterocycles. The highest BCUT2D eigenvalue weighted by molar-refractivity contribution is 5.84. The Kier molecular flexibility index (Phi) is 6.60. The second-order valence-corrected chi connectivity index (χ2v) is 7.48. The normalized spacial score (nSPS) is 19.4. The molecule has 1 aliphatic heterocycles. The van der Waals surface area contributed by atoms with Gasteiger partial charge in [-0.25, -0.2) is 8.78 Å². The van der Waals surface area contributed by atoms with Gasteiger partial charge < -0.3 is 9.84 Å². The number of halogens is 2. The van der Waals surface area contributed by atoms with E-state index in [-0.39, 0.29) is 24.0 Å². The summed E-state index contributed by atoms with van der Waals surface area (Å²) < 4.78 is 32.3. The standard InChI is InChI=1S/C24H24F2O3/c1-15(2)22(12-11-21-13-20(27)14-23(28)29-21)24(16-3-7-18(25)8-4-16)17-5-9-19(26)10-6-17/h3-12,15,20-21,27H,13-14H2,1-2H3/t20-,21-/m1/s1. The lowest BCUT2D eigenvalue weighted by molar-refractivity contribution is -0.156. The van der Waals surface area contributed by atoms with Crippen molar-refractivity contribution in [3.8, 4) is 0 Å². The first kappa shape index (κ1) is 20.9. The Hall–Kier alpha value is -2.79. The van der Waals surface area contributed by atoms with Crippen molar-refractivity contribution in [2.24, 2.45) is 5.92 Å². The van der Waals surface area contributed by atoms with E-state index in [0.29, 0.717) is 6.42 Å². The van der Waals surface area contributed by atoms with Gasteiger partial charge in [0.15, 0.2) is 0 Å². The van der Waals surface area contributed by atoms with Crippen LogP contribution in [0.5, 0.6) is 0 Å². The summed E-state index contributed by atoms with van der Waals surface area (Å²) in [6.45, 7) is 4.04. The Morgan fingerprint density at radius 2 is 1.55 bits per heavy atom. The van der Waals surface area contributed by atoms with E-state index in [0.717, 1.165) is 22.3 Å². The second-order valence-electron chi connectivity index (χ2n) is 7.48. The maximum atomic E-state index is 13.5. The smallest absolute Gasteiger partial charge is 0.309 e. The number of hydrogen-bond donors (Lipinski definition) is 1. The molecule has 0 aliphatic carbocycles. The van der Waals surface area contributed by atoms with E-state index < -0.39 is 18.2 Å². The molecule has 3 rings (SSSR count). The van der Waals surface area contributed by atoms with Crippen LogP contribution in [0.2, 0.25) is 0 Å². The summed E-state index contributed by atoms with van der Waals surface area (Å²) in [5.74, 6) is -1.01. The molecule has 1 heterocycles. The van der Waals surface area contributed by atoms with Crippen molar-refractivity contribution < 1.29 is 23.4 Å². The summed E-state index contributed by atoms with van der Waals surface area (Å²) in [4.78, 5) is 11.6. The highest BCUT2D eigenvalue weighted by atomic mass is 19.1. The lowest BCUT2D eigenvalue weighted by atomic mass is 9.87. The van der Waals surface area contributed by atoms with Crippen LogP contribution < -0.4 is 0 Å². The highest BCUT2D eigenvalue weighted by Crippen LogP contribution is 2.32. The number of rotatable bonds is 5. The van der Waals surface area contributed by atoms with Crippen LogP contribution in [-0.4, -0.2) is 23.3 Å². The molecule has 5 heteroatoms. The maximum Gasteiger partial charge on any atom is 0.309 e. The van der Waals surface area contributed by atoms with Crippen LogP contribution in [0.4, 0.5) is 8.78 Å². The Morgan fingerprint density at radius 1 is 1.03 bits per heavy atom.